The van der Waals surface area contributed by atoms with Gasteiger partial charge in [0.25, 0.3) is 0 Å². The summed E-state index contributed by atoms with van der Waals surface area (Å²) in [5, 5.41) is 8.39. The second-order valence-corrected chi connectivity index (χ2v) is 5.59. The topological polar surface area (TPSA) is 39.1 Å². The predicted octanol–water partition coefficient (Wildman–Crippen LogP) is 3.13. The number of nitrogens with one attached hydrogen (secondary N) is 1. The first kappa shape index (κ1) is 12.3. The summed E-state index contributed by atoms with van der Waals surface area (Å²) in [4.78, 5) is 0. The lowest BCUT2D eigenvalue weighted by Gasteiger charge is -2.22. The molecule has 0 amide bonds. The Morgan fingerprint density at radius 3 is 2.78 bits per heavy atom. The van der Waals surface area contributed by atoms with Crippen LogP contribution in [-0.2, 0) is 0 Å². The van der Waals surface area contributed by atoms with Crippen LogP contribution in [-0.4, -0.2) is 22.4 Å². The highest BCUT2D eigenvalue weighted by molar-refractivity contribution is 6.31. The van der Waals surface area contributed by atoms with E-state index in [0.717, 1.165) is 31.6 Å². The molecule has 1 aromatic rings. The van der Waals surface area contributed by atoms with E-state index in [1.165, 1.54) is 25.7 Å². The van der Waals surface area contributed by atoms with Crippen LogP contribution in [0.1, 0.15) is 51.1 Å². The minimum absolute atomic E-state index is 0.237. The fourth-order valence-corrected chi connectivity index (χ4v) is 3.12. The third kappa shape index (κ3) is 2.50. The van der Waals surface area contributed by atoms with Gasteiger partial charge in [0.1, 0.15) is 6.17 Å². The Hall–Kier alpha value is -0.740. The predicted molar refractivity (Wildman–Crippen MR) is 71.0 cm³/mol. The smallest absolute Gasteiger partial charge is 0.176 e. The van der Waals surface area contributed by atoms with Gasteiger partial charge in [-0.15, -0.1) is 0 Å². The van der Waals surface area contributed by atoms with Crippen molar-refractivity contribution in [2.24, 2.45) is 0 Å². The summed E-state index contributed by atoms with van der Waals surface area (Å²) in [5.41, 5.74) is 0. The molecule has 1 aromatic heterocycles. The summed E-state index contributed by atoms with van der Waals surface area (Å²) in [6, 6.07) is 0. The van der Waals surface area contributed by atoms with Gasteiger partial charge in [0.2, 0.25) is 0 Å². The molecule has 1 N–H and O–H groups in total. The summed E-state index contributed by atoms with van der Waals surface area (Å²) in [6.45, 7) is 1.04. The zero-order valence-corrected chi connectivity index (χ0v) is 11.3. The van der Waals surface area contributed by atoms with Crippen LogP contribution in [0.2, 0.25) is 5.15 Å². The minimum Gasteiger partial charge on any atom is -0.486 e. The van der Waals surface area contributed by atoms with Crippen LogP contribution in [0.25, 0.3) is 0 Å². The van der Waals surface area contributed by atoms with E-state index in [4.69, 9.17) is 16.3 Å². The molecule has 2 aliphatic rings. The molecule has 0 aromatic carbocycles. The van der Waals surface area contributed by atoms with E-state index in [2.05, 4.69) is 10.4 Å². The maximum absolute atomic E-state index is 6.36. The zero-order valence-electron chi connectivity index (χ0n) is 10.6. The Kier molecular flexibility index (Phi) is 3.75. The Bertz CT molecular complexity index is 395. The van der Waals surface area contributed by atoms with E-state index >= 15 is 0 Å². The summed E-state index contributed by atoms with van der Waals surface area (Å²) in [6.07, 6.45) is 10.7. The number of hydrogen-bond donors (Lipinski definition) is 1. The Morgan fingerprint density at radius 2 is 2.06 bits per heavy atom. The average molecular weight is 270 g/mol. The van der Waals surface area contributed by atoms with Crippen molar-refractivity contribution in [1.82, 2.24) is 15.1 Å². The lowest BCUT2D eigenvalue weighted by atomic mass is 9.98. The van der Waals surface area contributed by atoms with Crippen molar-refractivity contribution < 1.29 is 4.74 Å². The second kappa shape index (κ2) is 5.49. The number of aromatic nitrogens is 2. The van der Waals surface area contributed by atoms with Crippen molar-refractivity contribution in [2.45, 2.75) is 57.2 Å². The third-order valence-corrected chi connectivity index (χ3v) is 4.24. The molecule has 100 valence electrons. The molecule has 18 heavy (non-hydrogen) atoms. The number of nitrogens with zero attached hydrogens (tertiary/aromatic N) is 2. The third-order valence-electron chi connectivity index (χ3n) is 3.88. The van der Waals surface area contributed by atoms with E-state index in [-0.39, 0.29) is 6.17 Å². The number of halogens is 1. The van der Waals surface area contributed by atoms with Gasteiger partial charge in [0.15, 0.2) is 10.9 Å². The van der Waals surface area contributed by atoms with E-state index < -0.39 is 0 Å². The lowest BCUT2D eigenvalue weighted by Crippen LogP contribution is -2.21. The quantitative estimate of drug-likeness (QED) is 0.916. The van der Waals surface area contributed by atoms with Gasteiger partial charge in [0, 0.05) is 0 Å². The molecule has 3 rings (SSSR count). The van der Waals surface area contributed by atoms with Gasteiger partial charge in [-0.3, -0.25) is 5.32 Å². The van der Waals surface area contributed by atoms with Crippen molar-refractivity contribution in [2.75, 3.05) is 6.54 Å². The first-order valence-electron chi connectivity index (χ1n) is 6.97. The molecule has 1 atom stereocenters. The highest BCUT2D eigenvalue weighted by atomic mass is 35.5. The van der Waals surface area contributed by atoms with Crippen LogP contribution in [0.4, 0.5) is 0 Å². The van der Waals surface area contributed by atoms with Crippen LogP contribution in [0.5, 0.6) is 5.75 Å². The maximum Gasteiger partial charge on any atom is 0.176 e. The molecule has 1 unspecified atom stereocenters. The second-order valence-electron chi connectivity index (χ2n) is 5.23. The first-order chi connectivity index (χ1) is 8.84. The van der Waals surface area contributed by atoms with Gasteiger partial charge in [-0.1, -0.05) is 18.0 Å². The fraction of sp³-hybridized carbons (Fsp3) is 0.769. The number of rotatable bonds is 3. The van der Waals surface area contributed by atoms with Gasteiger partial charge in [-0.05, 0) is 45.1 Å². The molecule has 1 saturated carbocycles. The van der Waals surface area contributed by atoms with Crippen LogP contribution in [0.3, 0.4) is 0 Å². The molecule has 0 spiro atoms. The molecular formula is C13H20ClN3O. The molecular weight excluding hydrogens is 250 g/mol. The molecule has 1 saturated heterocycles. The molecule has 0 bridgehead atoms. The summed E-state index contributed by atoms with van der Waals surface area (Å²) < 4.78 is 7.84. The molecule has 2 fully saturated rings. The van der Waals surface area contributed by atoms with E-state index in [1.54, 1.807) is 6.20 Å². The molecule has 0 radical (unpaired) electrons. The Balaban J connectivity index is 1.68. The highest BCUT2D eigenvalue weighted by Crippen LogP contribution is 2.31. The summed E-state index contributed by atoms with van der Waals surface area (Å²) in [7, 11) is 0. The van der Waals surface area contributed by atoms with Gasteiger partial charge >= 0.3 is 0 Å². The minimum atomic E-state index is 0.237. The molecule has 5 heteroatoms. The van der Waals surface area contributed by atoms with Crippen LogP contribution >= 0.6 is 11.6 Å². The van der Waals surface area contributed by atoms with Crippen molar-refractivity contribution in [3.05, 3.63) is 11.3 Å². The normalized spacial score (nSPS) is 25.5. The Labute approximate surface area is 113 Å². The van der Waals surface area contributed by atoms with Crippen molar-refractivity contribution in [3.63, 3.8) is 0 Å². The standard InChI is InChI=1S/C13H20ClN3O/c14-13-11(18-10-5-2-1-3-6-10)9-16-17(13)12-7-4-8-15-12/h9-10,12,15H,1-8H2. The first-order valence-corrected chi connectivity index (χ1v) is 7.35. The van der Waals surface area contributed by atoms with Crippen LogP contribution in [0.15, 0.2) is 6.20 Å². The molecule has 1 aliphatic heterocycles. The number of ether oxygens (including phenoxy) is 1. The largest absolute Gasteiger partial charge is 0.486 e. The van der Waals surface area contributed by atoms with Crippen LogP contribution in [0, 0.1) is 0 Å². The van der Waals surface area contributed by atoms with Crippen molar-refractivity contribution >= 4 is 11.6 Å². The zero-order chi connectivity index (χ0) is 12.4. The van der Waals surface area contributed by atoms with Gasteiger partial charge in [0.05, 0.1) is 12.3 Å². The monoisotopic (exact) mass is 269 g/mol. The molecule has 2 heterocycles. The summed E-state index contributed by atoms with van der Waals surface area (Å²) >= 11 is 6.36. The SMILES string of the molecule is Clc1c(OC2CCCCC2)cnn1C1CCCN1. The fourth-order valence-electron chi connectivity index (χ4n) is 2.87. The van der Waals surface area contributed by atoms with Crippen molar-refractivity contribution in [1.29, 1.82) is 0 Å². The van der Waals surface area contributed by atoms with Crippen LogP contribution < -0.4 is 10.1 Å². The molecule has 1 aliphatic carbocycles. The van der Waals surface area contributed by atoms with E-state index in [9.17, 15) is 0 Å². The van der Waals surface area contributed by atoms with Gasteiger partial charge < -0.3 is 4.74 Å². The van der Waals surface area contributed by atoms with Crippen molar-refractivity contribution in [3.8, 4) is 5.75 Å². The number of hydrogen-bond acceptors (Lipinski definition) is 3. The Morgan fingerprint density at radius 1 is 1.22 bits per heavy atom. The van der Waals surface area contributed by atoms with Gasteiger partial charge in [-0.25, -0.2) is 4.68 Å². The lowest BCUT2D eigenvalue weighted by molar-refractivity contribution is 0.155. The average Bonchev–Trinajstić information content (AvgIpc) is 3.02. The highest BCUT2D eigenvalue weighted by Gasteiger charge is 2.23. The molecule has 4 nitrogen and oxygen atoms in total. The van der Waals surface area contributed by atoms with E-state index in [0.29, 0.717) is 11.3 Å². The summed E-state index contributed by atoms with van der Waals surface area (Å²) in [5.74, 6) is 0.747. The maximum atomic E-state index is 6.36. The van der Waals surface area contributed by atoms with E-state index in [1.807, 2.05) is 4.68 Å². The van der Waals surface area contributed by atoms with Gasteiger partial charge in [-0.2, -0.15) is 5.10 Å².